The number of anilines is 6. The lowest BCUT2D eigenvalue weighted by Crippen LogP contribution is -2.17. The van der Waals surface area contributed by atoms with Gasteiger partial charge in [-0.15, -0.1) is 0 Å². The molecule has 1 aliphatic rings. The topological polar surface area (TPSA) is 6.48 Å². The normalized spacial score (nSPS) is 12.9. The van der Waals surface area contributed by atoms with Crippen LogP contribution >= 0.6 is 0 Å². The van der Waals surface area contributed by atoms with Crippen LogP contribution in [0.25, 0.3) is 21.9 Å². The van der Waals surface area contributed by atoms with Crippen molar-refractivity contribution in [2.24, 2.45) is 0 Å². The Morgan fingerprint density at radius 1 is 0.404 bits per heavy atom. The molecule has 0 unspecified atom stereocenters. The zero-order valence-corrected chi connectivity index (χ0v) is 27.4. The second-order valence-electron chi connectivity index (χ2n) is 13.3. The van der Waals surface area contributed by atoms with Crippen molar-refractivity contribution in [3.05, 3.63) is 180 Å². The number of aryl methyl sites for hydroxylation is 2. The molecule has 2 heteroatoms. The number of rotatable bonds is 6. The monoisotopic (exact) mass is 606 g/mol. The molecular weight excluding hydrogens is 569 g/mol. The lowest BCUT2D eigenvalue weighted by Gasteiger charge is -2.29. The number of nitrogens with zero attached hydrogens (tertiary/aromatic N) is 2. The lowest BCUT2D eigenvalue weighted by molar-refractivity contribution is 0.660. The van der Waals surface area contributed by atoms with Crippen molar-refractivity contribution < 1.29 is 0 Å². The van der Waals surface area contributed by atoms with Crippen LogP contribution in [0.5, 0.6) is 0 Å². The van der Waals surface area contributed by atoms with Crippen molar-refractivity contribution in [3.63, 3.8) is 0 Å². The highest BCUT2D eigenvalue weighted by Crippen LogP contribution is 2.52. The van der Waals surface area contributed by atoms with Gasteiger partial charge in [0.2, 0.25) is 0 Å². The molecule has 0 spiro atoms. The van der Waals surface area contributed by atoms with Gasteiger partial charge in [0.15, 0.2) is 0 Å². The fourth-order valence-corrected chi connectivity index (χ4v) is 7.31. The molecule has 8 rings (SSSR count). The fourth-order valence-electron chi connectivity index (χ4n) is 7.31. The smallest absolute Gasteiger partial charge is 0.0540 e. The van der Waals surface area contributed by atoms with Gasteiger partial charge < -0.3 is 9.80 Å². The molecule has 0 saturated heterocycles. The molecule has 0 aromatic heterocycles. The molecule has 0 fully saturated rings. The second-order valence-corrected chi connectivity index (χ2v) is 13.3. The van der Waals surface area contributed by atoms with Gasteiger partial charge in [0.25, 0.3) is 0 Å². The van der Waals surface area contributed by atoms with E-state index in [4.69, 9.17) is 0 Å². The van der Waals surface area contributed by atoms with E-state index in [0.29, 0.717) is 0 Å². The zero-order chi connectivity index (χ0) is 32.1. The van der Waals surface area contributed by atoms with Gasteiger partial charge in [-0.3, -0.25) is 0 Å². The van der Waals surface area contributed by atoms with E-state index < -0.39 is 0 Å². The van der Waals surface area contributed by atoms with Crippen LogP contribution in [0.1, 0.15) is 36.1 Å². The molecule has 0 amide bonds. The van der Waals surface area contributed by atoms with E-state index in [2.05, 4.69) is 195 Å². The lowest BCUT2D eigenvalue weighted by atomic mass is 9.82. The molecule has 7 aromatic carbocycles. The molecule has 0 bridgehead atoms. The maximum atomic E-state index is 2.42. The van der Waals surface area contributed by atoms with E-state index >= 15 is 0 Å². The first kappa shape index (κ1) is 28.8. The molecule has 0 N–H and O–H groups in total. The Kier molecular flexibility index (Phi) is 6.95. The van der Waals surface area contributed by atoms with Gasteiger partial charge in [-0.05, 0) is 114 Å². The summed E-state index contributed by atoms with van der Waals surface area (Å²) < 4.78 is 0. The van der Waals surface area contributed by atoms with Crippen molar-refractivity contribution in [2.75, 3.05) is 9.80 Å². The summed E-state index contributed by atoms with van der Waals surface area (Å²) in [5, 5.41) is 2.47. The summed E-state index contributed by atoms with van der Waals surface area (Å²) in [7, 11) is 0. The van der Waals surface area contributed by atoms with Crippen LogP contribution in [0.3, 0.4) is 0 Å². The van der Waals surface area contributed by atoms with Gasteiger partial charge in [-0.2, -0.15) is 0 Å². The average molecular weight is 607 g/mol. The highest BCUT2D eigenvalue weighted by atomic mass is 15.1. The van der Waals surface area contributed by atoms with E-state index in [9.17, 15) is 0 Å². The van der Waals surface area contributed by atoms with Crippen molar-refractivity contribution in [1.82, 2.24) is 0 Å². The van der Waals surface area contributed by atoms with Crippen LogP contribution in [0.2, 0.25) is 0 Å². The molecule has 0 atom stereocenters. The minimum absolute atomic E-state index is 0.191. The van der Waals surface area contributed by atoms with Crippen LogP contribution in [0.15, 0.2) is 158 Å². The van der Waals surface area contributed by atoms with Gasteiger partial charge in [-0.1, -0.05) is 110 Å². The molecule has 0 heterocycles. The summed E-state index contributed by atoms with van der Waals surface area (Å²) in [4.78, 5) is 4.79. The van der Waals surface area contributed by atoms with Crippen molar-refractivity contribution >= 4 is 44.9 Å². The van der Waals surface area contributed by atoms with Crippen molar-refractivity contribution in [1.29, 1.82) is 0 Å². The quantitative estimate of drug-likeness (QED) is 0.186. The average Bonchev–Trinajstić information content (AvgIpc) is 3.32. The standard InChI is InChI=1S/C45H38N2/c1-31-20-22-35(23-21-31)46(36-17-10-12-32(2)28-36)37-24-26-40-41-27-25-38(30-43(41)45(3,4)42(40)29-37)47(34-15-6-5-7-16-34)44-19-11-14-33-13-8-9-18-39(33)44/h5-30H,1-4H3. The Hall–Kier alpha value is -5.60. The highest BCUT2D eigenvalue weighted by molar-refractivity contribution is 5.99. The van der Waals surface area contributed by atoms with Gasteiger partial charge in [0.05, 0.1) is 5.69 Å². The molecule has 2 nitrogen and oxygen atoms in total. The van der Waals surface area contributed by atoms with Crippen LogP contribution in [0, 0.1) is 13.8 Å². The first-order chi connectivity index (χ1) is 22.9. The summed E-state index contributed by atoms with van der Waals surface area (Å²) in [6.45, 7) is 9.05. The minimum atomic E-state index is -0.191. The Morgan fingerprint density at radius 3 is 1.64 bits per heavy atom. The fraction of sp³-hybridized carbons (Fsp3) is 0.111. The summed E-state index contributed by atoms with van der Waals surface area (Å²) in [6.07, 6.45) is 0. The Labute approximate surface area is 278 Å². The second kappa shape index (κ2) is 11.3. The van der Waals surface area contributed by atoms with Gasteiger partial charge in [0, 0.05) is 39.2 Å². The maximum absolute atomic E-state index is 2.42. The molecular formula is C45H38N2. The number of benzene rings is 7. The first-order valence-corrected chi connectivity index (χ1v) is 16.4. The predicted molar refractivity (Wildman–Crippen MR) is 200 cm³/mol. The van der Waals surface area contributed by atoms with Crippen LogP contribution < -0.4 is 9.80 Å². The molecule has 228 valence electrons. The van der Waals surface area contributed by atoms with Crippen molar-refractivity contribution in [2.45, 2.75) is 33.1 Å². The van der Waals surface area contributed by atoms with Crippen molar-refractivity contribution in [3.8, 4) is 11.1 Å². The SMILES string of the molecule is Cc1ccc(N(c2cccc(C)c2)c2ccc3c(c2)C(C)(C)c2cc(N(c4ccccc4)c4cccc5ccccc45)ccc2-3)cc1. The third-order valence-electron chi connectivity index (χ3n) is 9.73. The number of hydrogen-bond acceptors (Lipinski definition) is 2. The van der Waals surface area contributed by atoms with E-state index in [1.807, 2.05) is 0 Å². The molecule has 0 saturated carbocycles. The van der Waals surface area contributed by atoms with Crippen LogP contribution in [-0.4, -0.2) is 0 Å². The van der Waals surface area contributed by atoms with E-state index in [1.165, 1.54) is 55.5 Å². The Morgan fingerprint density at radius 2 is 0.936 bits per heavy atom. The molecule has 1 aliphatic carbocycles. The highest BCUT2D eigenvalue weighted by Gasteiger charge is 2.37. The molecule has 7 aromatic rings. The summed E-state index contributed by atoms with van der Waals surface area (Å²) in [6, 6.07) is 57.7. The van der Waals surface area contributed by atoms with Crippen LogP contribution in [0.4, 0.5) is 34.1 Å². The summed E-state index contributed by atoms with van der Waals surface area (Å²) in [5.41, 5.74) is 14.6. The van der Waals surface area contributed by atoms with E-state index in [1.54, 1.807) is 0 Å². The maximum Gasteiger partial charge on any atom is 0.0540 e. The molecule has 47 heavy (non-hydrogen) atoms. The van der Waals surface area contributed by atoms with Crippen LogP contribution in [-0.2, 0) is 5.41 Å². The number of para-hydroxylation sites is 1. The van der Waals surface area contributed by atoms with E-state index in [0.717, 1.165) is 22.7 Å². The summed E-state index contributed by atoms with van der Waals surface area (Å²) in [5.74, 6) is 0. The van der Waals surface area contributed by atoms with Gasteiger partial charge >= 0.3 is 0 Å². The minimum Gasteiger partial charge on any atom is -0.310 e. The zero-order valence-electron chi connectivity index (χ0n) is 27.4. The number of fused-ring (bicyclic) bond motifs is 4. The Balaban J connectivity index is 1.26. The predicted octanol–water partition coefficient (Wildman–Crippen LogP) is 12.7. The summed E-state index contributed by atoms with van der Waals surface area (Å²) >= 11 is 0. The largest absolute Gasteiger partial charge is 0.310 e. The Bertz CT molecular complexity index is 2240. The van der Waals surface area contributed by atoms with E-state index in [-0.39, 0.29) is 5.41 Å². The first-order valence-electron chi connectivity index (χ1n) is 16.4. The molecule has 0 radical (unpaired) electrons. The van der Waals surface area contributed by atoms with Gasteiger partial charge in [0.1, 0.15) is 0 Å². The molecule has 0 aliphatic heterocycles. The number of hydrogen-bond donors (Lipinski definition) is 0. The third kappa shape index (κ3) is 4.98. The van der Waals surface area contributed by atoms with Gasteiger partial charge in [-0.25, -0.2) is 0 Å². The third-order valence-corrected chi connectivity index (χ3v) is 9.73.